The number of nitrogens with one attached hydrogen (secondary N) is 1. The zero-order chi connectivity index (χ0) is 18.8. The van der Waals surface area contributed by atoms with Gasteiger partial charge in [-0.25, -0.2) is 0 Å². The van der Waals surface area contributed by atoms with Crippen LogP contribution in [0.25, 0.3) is 0 Å². The lowest BCUT2D eigenvalue weighted by molar-refractivity contribution is -0.131. The van der Waals surface area contributed by atoms with E-state index < -0.39 is 0 Å². The largest absolute Gasteiger partial charge is 0.380 e. The normalized spacial score (nSPS) is 15.3. The average Bonchev–Trinajstić information content (AvgIpc) is 2.64. The van der Waals surface area contributed by atoms with Gasteiger partial charge in [0, 0.05) is 44.4 Å². The number of rotatable bonds is 7. The van der Waals surface area contributed by atoms with Crippen LogP contribution >= 0.6 is 11.6 Å². The number of ether oxygens (including phenoxy) is 1. The zero-order valence-corrected chi connectivity index (χ0v) is 16.5. The van der Waals surface area contributed by atoms with Crippen LogP contribution in [-0.2, 0) is 16.0 Å². The van der Waals surface area contributed by atoms with E-state index in [9.17, 15) is 4.79 Å². The first-order valence-electron chi connectivity index (χ1n) is 9.27. The van der Waals surface area contributed by atoms with Crippen molar-refractivity contribution in [2.45, 2.75) is 20.3 Å². The van der Waals surface area contributed by atoms with Crippen molar-refractivity contribution in [2.75, 3.05) is 52.5 Å². The topological polar surface area (TPSA) is 57.2 Å². The molecule has 1 aromatic carbocycles. The van der Waals surface area contributed by atoms with Gasteiger partial charge in [0.25, 0.3) is 0 Å². The molecule has 0 unspecified atom stereocenters. The first-order chi connectivity index (χ1) is 12.6. The van der Waals surface area contributed by atoms with Gasteiger partial charge >= 0.3 is 0 Å². The monoisotopic (exact) mass is 380 g/mol. The van der Waals surface area contributed by atoms with E-state index in [0.29, 0.717) is 44.3 Å². The molecule has 6 nitrogen and oxygen atoms in total. The van der Waals surface area contributed by atoms with E-state index >= 15 is 0 Å². The van der Waals surface area contributed by atoms with Gasteiger partial charge in [0.1, 0.15) is 0 Å². The van der Waals surface area contributed by atoms with Crippen molar-refractivity contribution >= 4 is 23.5 Å². The van der Waals surface area contributed by atoms with Crippen LogP contribution < -0.4 is 5.32 Å². The van der Waals surface area contributed by atoms with Gasteiger partial charge in [-0.2, -0.15) is 0 Å². The summed E-state index contributed by atoms with van der Waals surface area (Å²) in [5.41, 5.74) is 0.954. The lowest BCUT2D eigenvalue weighted by Gasteiger charge is -2.36. The molecule has 0 saturated carbocycles. The molecule has 1 fully saturated rings. The van der Waals surface area contributed by atoms with E-state index in [1.165, 1.54) is 0 Å². The minimum Gasteiger partial charge on any atom is -0.380 e. The van der Waals surface area contributed by atoms with Gasteiger partial charge in [-0.1, -0.05) is 23.7 Å². The average molecular weight is 381 g/mol. The summed E-state index contributed by atoms with van der Waals surface area (Å²) in [5.74, 6) is 1.04. The fourth-order valence-electron chi connectivity index (χ4n) is 2.89. The Kier molecular flexibility index (Phi) is 8.71. The Hall–Kier alpha value is -1.79. The highest BCUT2D eigenvalue weighted by molar-refractivity contribution is 6.30. The van der Waals surface area contributed by atoms with Gasteiger partial charge in [0.15, 0.2) is 5.96 Å². The van der Waals surface area contributed by atoms with Gasteiger partial charge in [-0.15, -0.1) is 0 Å². The number of hydrogen-bond donors (Lipinski definition) is 1. The zero-order valence-electron chi connectivity index (χ0n) is 15.7. The molecule has 0 aromatic heterocycles. The Morgan fingerprint density at radius 2 is 1.96 bits per heavy atom. The molecule has 0 aliphatic carbocycles. The Labute approximate surface area is 161 Å². The third kappa shape index (κ3) is 6.50. The lowest BCUT2D eigenvalue weighted by Crippen LogP contribution is -2.54. The molecule has 0 radical (unpaired) electrons. The molecule has 1 saturated heterocycles. The minimum atomic E-state index is 0.144. The summed E-state index contributed by atoms with van der Waals surface area (Å²) >= 11 is 6.00. The number of carbonyl (C=O) groups excluding carboxylic acids is 1. The molecular weight excluding hydrogens is 352 g/mol. The van der Waals surface area contributed by atoms with Crippen molar-refractivity contribution in [1.82, 2.24) is 15.1 Å². The summed E-state index contributed by atoms with van der Waals surface area (Å²) in [5, 5.41) is 3.99. The van der Waals surface area contributed by atoms with Crippen LogP contribution in [0.1, 0.15) is 19.4 Å². The Morgan fingerprint density at radius 1 is 1.23 bits per heavy atom. The number of guanidine groups is 1. The first kappa shape index (κ1) is 20.5. The fourth-order valence-corrected chi connectivity index (χ4v) is 3.10. The second-order valence-electron chi connectivity index (χ2n) is 6.11. The first-order valence-corrected chi connectivity index (χ1v) is 9.65. The predicted octanol–water partition coefficient (Wildman–Crippen LogP) is 2.03. The maximum atomic E-state index is 12.5. The number of carbonyl (C=O) groups is 1. The summed E-state index contributed by atoms with van der Waals surface area (Å²) in [6, 6.07) is 7.49. The molecular formula is C19H29ClN4O2. The van der Waals surface area contributed by atoms with Gasteiger partial charge in [0.2, 0.25) is 5.91 Å². The smallest absolute Gasteiger partial charge is 0.227 e. The van der Waals surface area contributed by atoms with Crippen LogP contribution in [0.3, 0.4) is 0 Å². The Bertz CT molecular complexity index is 601. The third-order valence-corrected chi connectivity index (χ3v) is 4.45. The molecule has 0 spiro atoms. The Morgan fingerprint density at radius 3 is 2.62 bits per heavy atom. The minimum absolute atomic E-state index is 0.144. The number of halogens is 1. The molecule has 2 rings (SSSR count). The quantitative estimate of drug-likeness (QED) is 0.446. The summed E-state index contributed by atoms with van der Waals surface area (Å²) in [7, 11) is 0. The number of piperazine rings is 1. The molecule has 0 atom stereocenters. The molecule has 1 N–H and O–H groups in total. The summed E-state index contributed by atoms with van der Waals surface area (Å²) in [6.07, 6.45) is 0.392. The number of nitrogens with zero attached hydrogens (tertiary/aromatic N) is 3. The number of aliphatic imine (C=N–C) groups is 1. The molecule has 0 bridgehead atoms. The van der Waals surface area contributed by atoms with E-state index in [4.69, 9.17) is 16.3 Å². The molecule has 7 heteroatoms. The van der Waals surface area contributed by atoms with E-state index in [2.05, 4.69) is 22.1 Å². The molecule has 144 valence electrons. The van der Waals surface area contributed by atoms with Crippen LogP contribution in [0.5, 0.6) is 0 Å². The van der Waals surface area contributed by atoms with Crippen LogP contribution in [0.2, 0.25) is 5.02 Å². The number of hydrogen-bond acceptors (Lipinski definition) is 3. The van der Waals surface area contributed by atoms with E-state index in [-0.39, 0.29) is 5.91 Å². The Balaban J connectivity index is 1.85. The van der Waals surface area contributed by atoms with Crippen LogP contribution in [0, 0.1) is 0 Å². The summed E-state index contributed by atoms with van der Waals surface area (Å²) in [6.45, 7) is 9.81. The highest BCUT2D eigenvalue weighted by Gasteiger charge is 2.23. The lowest BCUT2D eigenvalue weighted by atomic mass is 10.1. The van der Waals surface area contributed by atoms with E-state index in [1.54, 1.807) is 0 Å². The van der Waals surface area contributed by atoms with E-state index in [0.717, 1.165) is 31.2 Å². The number of amides is 1. The standard InChI is InChI=1S/C19H29ClN4O2/c1-3-21-19(22-8-13-26-4-2)24-11-9-23(10-12-24)18(25)15-16-6-5-7-17(20)14-16/h5-7,14H,3-4,8-13,15H2,1-2H3,(H,21,22). The van der Waals surface area contributed by atoms with E-state index in [1.807, 2.05) is 36.1 Å². The van der Waals surface area contributed by atoms with Crippen molar-refractivity contribution in [3.63, 3.8) is 0 Å². The fraction of sp³-hybridized carbons (Fsp3) is 0.579. The second kappa shape index (κ2) is 11.0. The van der Waals surface area contributed by atoms with Gasteiger partial charge in [0.05, 0.1) is 19.6 Å². The van der Waals surface area contributed by atoms with Gasteiger partial charge in [-0.3, -0.25) is 9.79 Å². The molecule has 1 aromatic rings. The van der Waals surface area contributed by atoms with Crippen LogP contribution in [-0.4, -0.2) is 74.1 Å². The molecule has 1 amide bonds. The van der Waals surface area contributed by atoms with Crippen molar-refractivity contribution < 1.29 is 9.53 Å². The summed E-state index contributed by atoms with van der Waals surface area (Å²) in [4.78, 5) is 21.3. The summed E-state index contributed by atoms with van der Waals surface area (Å²) < 4.78 is 5.35. The van der Waals surface area contributed by atoms with Crippen LogP contribution in [0.15, 0.2) is 29.3 Å². The molecule has 1 aliphatic heterocycles. The van der Waals surface area contributed by atoms with Crippen molar-refractivity contribution in [1.29, 1.82) is 0 Å². The van der Waals surface area contributed by atoms with Crippen molar-refractivity contribution in [3.05, 3.63) is 34.9 Å². The van der Waals surface area contributed by atoms with Crippen LogP contribution in [0.4, 0.5) is 0 Å². The second-order valence-corrected chi connectivity index (χ2v) is 6.54. The highest BCUT2D eigenvalue weighted by atomic mass is 35.5. The number of benzene rings is 1. The molecule has 1 aliphatic rings. The van der Waals surface area contributed by atoms with Gasteiger partial charge < -0.3 is 19.9 Å². The predicted molar refractivity (Wildman–Crippen MR) is 106 cm³/mol. The maximum absolute atomic E-state index is 12.5. The van der Waals surface area contributed by atoms with Crippen molar-refractivity contribution in [3.8, 4) is 0 Å². The van der Waals surface area contributed by atoms with Gasteiger partial charge in [-0.05, 0) is 31.5 Å². The highest BCUT2D eigenvalue weighted by Crippen LogP contribution is 2.13. The SMILES string of the molecule is CCNC(=NCCOCC)N1CCN(C(=O)Cc2cccc(Cl)c2)CC1. The molecule has 26 heavy (non-hydrogen) atoms. The third-order valence-electron chi connectivity index (χ3n) is 4.21. The maximum Gasteiger partial charge on any atom is 0.227 e. The van der Waals surface area contributed by atoms with Crippen molar-refractivity contribution in [2.24, 2.45) is 4.99 Å². The molecule has 1 heterocycles.